The van der Waals surface area contributed by atoms with Crippen LogP contribution in [0.1, 0.15) is 0 Å². The van der Waals surface area contributed by atoms with Gasteiger partial charge in [0.25, 0.3) is 0 Å². The van der Waals surface area contributed by atoms with Crippen LogP contribution in [0, 0.1) is 0 Å². The van der Waals surface area contributed by atoms with Crippen LogP contribution < -0.4 is 0 Å². The minimum Gasteiger partial charge on any atom is -0.308 e. The first-order valence-electron chi connectivity index (χ1n) is 15.3. The highest BCUT2D eigenvalue weighted by atomic mass is 14.9. The fourth-order valence-corrected chi connectivity index (χ4v) is 8.19. The van der Waals surface area contributed by atoms with Crippen molar-refractivity contribution in [1.29, 1.82) is 0 Å². The molecule has 0 aliphatic rings. The summed E-state index contributed by atoms with van der Waals surface area (Å²) in [5.41, 5.74) is 12.7. The van der Waals surface area contributed by atoms with E-state index in [-0.39, 0.29) is 0 Å². The van der Waals surface area contributed by atoms with Crippen molar-refractivity contribution in [2.75, 3.05) is 0 Å². The summed E-state index contributed by atoms with van der Waals surface area (Å²) in [7, 11) is 0. The Morgan fingerprint density at radius 3 is 1.61 bits per heavy atom. The largest absolute Gasteiger partial charge is 0.308 e. The van der Waals surface area contributed by atoms with Crippen LogP contribution in [-0.4, -0.2) is 8.80 Å². The smallest absolute Gasteiger partial charge is 0.0620 e. The number of para-hydroxylation sites is 3. The molecule has 44 heavy (non-hydrogen) atoms. The topological polar surface area (TPSA) is 8.82 Å². The molecule has 0 atom stereocenters. The van der Waals surface area contributed by atoms with Gasteiger partial charge in [0.15, 0.2) is 0 Å². The number of fused-ring (bicyclic) bond motifs is 12. The van der Waals surface area contributed by atoms with Crippen LogP contribution in [0.2, 0.25) is 0 Å². The van der Waals surface area contributed by atoms with Gasteiger partial charge < -0.3 is 8.80 Å². The molecule has 2 heteroatoms. The lowest BCUT2D eigenvalue weighted by Gasteiger charge is -2.08. The van der Waals surface area contributed by atoms with Crippen LogP contribution >= 0.6 is 0 Å². The quantitative estimate of drug-likeness (QED) is 0.200. The Bertz CT molecular complexity index is 2840. The number of nitrogens with zero attached hydrogens (tertiary/aromatic N) is 2. The molecule has 0 saturated heterocycles. The fraction of sp³-hybridized carbons (Fsp3) is 0. The number of hydrogen-bond acceptors (Lipinski definition) is 0. The molecule has 0 N–H and O–H groups in total. The second kappa shape index (κ2) is 7.94. The molecule has 202 valence electrons. The molecule has 0 spiro atoms. The van der Waals surface area contributed by atoms with Gasteiger partial charge in [0.1, 0.15) is 0 Å². The van der Waals surface area contributed by atoms with Crippen molar-refractivity contribution in [2.24, 2.45) is 0 Å². The monoisotopic (exact) mass is 556 g/mol. The zero-order valence-corrected chi connectivity index (χ0v) is 23.8. The van der Waals surface area contributed by atoms with Crippen molar-refractivity contribution in [3.05, 3.63) is 146 Å². The summed E-state index contributed by atoms with van der Waals surface area (Å²) in [6.45, 7) is 0. The van der Waals surface area contributed by atoms with Crippen LogP contribution in [0.15, 0.2) is 146 Å². The Kier molecular flexibility index (Phi) is 4.10. The number of hydrogen-bond donors (Lipinski definition) is 0. The maximum absolute atomic E-state index is 2.49. The Morgan fingerprint density at radius 1 is 0.295 bits per heavy atom. The summed E-state index contributed by atoms with van der Waals surface area (Å²) >= 11 is 0. The van der Waals surface area contributed by atoms with Crippen molar-refractivity contribution < 1.29 is 0 Å². The average Bonchev–Trinajstić information content (AvgIpc) is 3.81. The Labute approximate surface area is 252 Å². The van der Waals surface area contributed by atoms with Crippen LogP contribution in [0.3, 0.4) is 0 Å². The highest BCUT2D eigenvalue weighted by Gasteiger charge is 2.22. The summed E-state index contributed by atoms with van der Waals surface area (Å²) < 4.78 is 4.95. The SMILES string of the molecule is c1ccc(-c2ccc3c(c2)c2cccc4c5c(-c6cc7c8ccccc8n8c9ccccc9c(c6)c78)cccc5n3c24)cc1. The molecule has 0 unspecified atom stereocenters. The third kappa shape index (κ3) is 2.68. The molecule has 0 bridgehead atoms. The summed E-state index contributed by atoms with van der Waals surface area (Å²) in [4.78, 5) is 0. The van der Waals surface area contributed by atoms with E-state index in [0.717, 1.165) is 0 Å². The van der Waals surface area contributed by atoms with E-state index >= 15 is 0 Å². The Balaban J connectivity index is 1.26. The molecule has 4 heterocycles. The third-order valence-electron chi connectivity index (χ3n) is 9.96. The van der Waals surface area contributed by atoms with Gasteiger partial charge in [-0.25, -0.2) is 0 Å². The van der Waals surface area contributed by atoms with Crippen molar-refractivity contribution in [2.45, 2.75) is 0 Å². The zero-order valence-electron chi connectivity index (χ0n) is 23.8. The van der Waals surface area contributed by atoms with Gasteiger partial charge in [0.2, 0.25) is 0 Å². The summed E-state index contributed by atoms with van der Waals surface area (Å²) in [5, 5.41) is 10.5. The lowest BCUT2D eigenvalue weighted by atomic mass is 9.95. The summed E-state index contributed by atoms with van der Waals surface area (Å²) in [5.74, 6) is 0. The second-order valence-corrected chi connectivity index (χ2v) is 12.1. The Morgan fingerprint density at radius 2 is 0.841 bits per heavy atom. The number of rotatable bonds is 2. The highest BCUT2D eigenvalue weighted by Crippen LogP contribution is 2.46. The minimum atomic E-state index is 1.25. The molecular weight excluding hydrogens is 532 g/mol. The maximum atomic E-state index is 2.49. The average molecular weight is 557 g/mol. The van der Waals surface area contributed by atoms with Crippen LogP contribution in [0.5, 0.6) is 0 Å². The van der Waals surface area contributed by atoms with Gasteiger partial charge in [0.05, 0.1) is 33.1 Å². The van der Waals surface area contributed by atoms with E-state index < -0.39 is 0 Å². The first-order valence-corrected chi connectivity index (χ1v) is 15.3. The van der Waals surface area contributed by atoms with Gasteiger partial charge in [-0.15, -0.1) is 0 Å². The zero-order chi connectivity index (χ0) is 28.5. The van der Waals surface area contributed by atoms with E-state index in [1.54, 1.807) is 0 Å². The molecule has 0 saturated carbocycles. The molecule has 0 aliphatic carbocycles. The van der Waals surface area contributed by atoms with Crippen LogP contribution in [-0.2, 0) is 0 Å². The molecule has 2 nitrogen and oxygen atoms in total. The molecule has 0 amide bonds. The van der Waals surface area contributed by atoms with E-state index in [1.807, 2.05) is 0 Å². The molecule has 4 aromatic heterocycles. The standard InChI is InChI=1S/C42H24N2/c1-2-10-25(11-3-1)26-20-21-38-33(22-26)31-15-8-16-32-40-28(14-9-19-39(40)44(38)41(31)32)27-23-34-29-12-4-6-17-36(29)43-37-18-7-5-13-30(37)35(24-27)42(34)43/h1-24H. The van der Waals surface area contributed by atoms with E-state index in [0.29, 0.717) is 0 Å². The molecule has 0 aliphatic heterocycles. The first kappa shape index (κ1) is 22.7. The van der Waals surface area contributed by atoms with Crippen molar-refractivity contribution in [3.8, 4) is 22.3 Å². The number of benzene rings is 7. The van der Waals surface area contributed by atoms with E-state index in [9.17, 15) is 0 Å². The number of aromatic nitrogens is 2. The predicted molar refractivity (Wildman–Crippen MR) is 187 cm³/mol. The van der Waals surface area contributed by atoms with Crippen molar-refractivity contribution in [3.63, 3.8) is 0 Å². The van der Waals surface area contributed by atoms with Crippen molar-refractivity contribution in [1.82, 2.24) is 8.80 Å². The van der Waals surface area contributed by atoms with E-state index in [1.165, 1.54) is 98.4 Å². The third-order valence-corrected chi connectivity index (χ3v) is 9.96. The molecule has 0 fully saturated rings. The lowest BCUT2D eigenvalue weighted by Crippen LogP contribution is -1.84. The normalized spacial score (nSPS) is 12.5. The molecule has 7 aromatic carbocycles. The molecular formula is C42H24N2. The molecule has 11 aromatic rings. The Hall–Kier alpha value is -5.86. The van der Waals surface area contributed by atoms with E-state index in [4.69, 9.17) is 0 Å². The second-order valence-electron chi connectivity index (χ2n) is 12.1. The van der Waals surface area contributed by atoms with Gasteiger partial charge in [-0.3, -0.25) is 0 Å². The predicted octanol–water partition coefficient (Wildman–Crippen LogP) is 11.3. The highest BCUT2D eigenvalue weighted by molar-refractivity contribution is 6.28. The maximum Gasteiger partial charge on any atom is 0.0620 e. The summed E-state index contributed by atoms with van der Waals surface area (Å²) in [6, 6.07) is 53.8. The van der Waals surface area contributed by atoms with Gasteiger partial charge in [-0.05, 0) is 64.7 Å². The van der Waals surface area contributed by atoms with Crippen molar-refractivity contribution >= 4 is 76.2 Å². The molecule has 11 rings (SSSR count). The first-order chi connectivity index (χ1) is 21.8. The van der Waals surface area contributed by atoms with E-state index in [2.05, 4.69) is 154 Å². The molecule has 0 radical (unpaired) electrons. The van der Waals surface area contributed by atoms with Crippen LogP contribution in [0.4, 0.5) is 0 Å². The van der Waals surface area contributed by atoms with Gasteiger partial charge in [-0.2, -0.15) is 0 Å². The van der Waals surface area contributed by atoms with Gasteiger partial charge in [-0.1, -0.05) is 103 Å². The van der Waals surface area contributed by atoms with Gasteiger partial charge >= 0.3 is 0 Å². The lowest BCUT2D eigenvalue weighted by molar-refractivity contribution is 1.37. The summed E-state index contributed by atoms with van der Waals surface area (Å²) in [6.07, 6.45) is 0. The van der Waals surface area contributed by atoms with Crippen LogP contribution in [0.25, 0.3) is 98.4 Å². The fourth-order valence-electron chi connectivity index (χ4n) is 8.19. The minimum absolute atomic E-state index is 1.25. The van der Waals surface area contributed by atoms with Gasteiger partial charge in [0, 0.05) is 43.1 Å².